The Labute approximate surface area is 226 Å². The highest BCUT2D eigenvalue weighted by Gasteiger charge is 2.54. The number of fused-ring (bicyclic) bond motifs is 2. The molecule has 4 heterocycles. The van der Waals surface area contributed by atoms with Crippen LogP contribution in [-0.4, -0.2) is 45.0 Å². The molecule has 36 heavy (non-hydrogen) atoms. The second kappa shape index (κ2) is 10.2. The summed E-state index contributed by atoms with van der Waals surface area (Å²) >= 11 is 11.2. The Morgan fingerprint density at radius 2 is 1.97 bits per heavy atom. The predicted molar refractivity (Wildman–Crippen MR) is 145 cm³/mol. The summed E-state index contributed by atoms with van der Waals surface area (Å²) in [6.07, 6.45) is 0.126. The van der Waals surface area contributed by atoms with E-state index >= 15 is 0 Å². The molecule has 0 aliphatic carbocycles. The summed E-state index contributed by atoms with van der Waals surface area (Å²) in [6.45, 7) is -0.00924. The van der Waals surface area contributed by atoms with Gasteiger partial charge >= 0.3 is 5.97 Å². The smallest absolute Gasteiger partial charge is 0.353 e. The van der Waals surface area contributed by atoms with Crippen molar-refractivity contribution in [1.29, 1.82) is 0 Å². The second-order valence-corrected chi connectivity index (χ2v) is 13.4. The van der Waals surface area contributed by atoms with Crippen molar-refractivity contribution < 1.29 is 19.5 Å². The predicted octanol–water partition coefficient (Wildman–Crippen LogP) is 3.47. The van der Waals surface area contributed by atoms with Crippen LogP contribution in [0.2, 0.25) is 4.34 Å². The van der Waals surface area contributed by atoms with Gasteiger partial charge in [-0.25, -0.2) is 4.79 Å². The van der Waals surface area contributed by atoms with E-state index < -0.39 is 23.3 Å². The zero-order chi connectivity index (χ0) is 25.6. The first-order valence-corrected chi connectivity index (χ1v) is 14.5. The van der Waals surface area contributed by atoms with Gasteiger partial charge in [0.05, 0.1) is 24.4 Å². The SMILES string of the molecule is NCc1c(SC2=C(C(=O)O)N3C(=O)C(NC(=O)Cc4ccccc4)[C@@H]3SC2)sc2sc(Cl)cc2c1=O. The third-order valence-electron chi connectivity index (χ3n) is 5.70. The molecule has 0 radical (unpaired) electrons. The number of β-lactam (4-membered cyclic amide) rings is 1. The van der Waals surface area contributed by atoms with Crippen LogP contribution in [0.15, 0.2) is 56.0 Å². The van der Waals surface area contributed by atoms with Gasteiger partial charge < -0.3 is 16.2 Å². The maximum atomic E-state index is 13.0. The first kappa shape index (κ1) is 25.3. The number of carboxylic acids is 1. The van der Waals surface area contributed by atoms with E-state index in [1.54, 1.807) is 6.07 Å². The number of nitrogens with zero attached hydrogens (tertiary/aromatic N) is 1. The van der Waals surface area contributed by atoms with Crippen LogP contribution in [-0.2, 0) is 27.3 Å². The van der Waals surface area contributed by atoms with E-state index in [2.05, 4.69) is 5.32 Å². The summed E-state index contributed by atoms with van der Waals surface area (Å²) < 4.78 is 1.79. The van der Waals surface area contributed by atoms with Crippen molar-refractivity contribution in [3.8, 4) is 0 Å². The maximum absolute atomic E-state index is 13.0. The largest absolute Gasteiger partial charge is 0.477 e. The van der Waals surface area contributed by atoms with Crippen LogP contribution in [0.1, 0.15) is 11.1 Å². The van der Waals surface area contributed by atoms with Crippen LogP contribution in [0.25, 0.3) is 9.40 Å². The van der Waals surface area contributed by atoms with Gasteiger partial charge in [0.2, 0.25) is 5.91 Å². The molecule has 2 amide bonds. The lowest BCUT2D eigenvalue weighted by Crippen LogP contribution is -2.70. The van der Waals surface area contributed by atoms with Gasteiger partial charge in [-0.2, -0.15) is 0 Å². The minimum absolute atomic E-state index is 0.00924. The number of thioether (sulfide) groups is 2. The molecule has 2 aromatic heterocycles. The monoisotopic (exact) mass is 579 g/mol. The molecule has 0 saturated carbocycles. The molecule has 2 aliphatic rings. The second-order valence-electron chi connectivity index (χ2n) is 7.95. The van der Waals surface area contributed by atoms with Gasteiger partial charge in [-0.15, -0.1) is 34.4 Å². The molecule has 1 saturated heterocycles. The number of carbonyl (C=O) groups excluding carboxylic acids is 2. The number of rotatable bonds is 7. The van der Waals surface area contributed by atoms with Gasteiger partial charge in [0.15, 0.2) is 5.43 Å². The van der Waals surface area contributed by atoms with Gasteiger partial charge in [-0.05, 0) is 11.6 Å². The Morgan fingerprint density at radius 3 is 2.67 bits per heavy atom. The van der Waals surface area contributed by atoms with E-state index in [-0.39, 0.29) is 30.0 Å². The zero-order valence-corrected chi connectivity index (χ0v) is 22.4. The van der Waals surface area contributed by atoms with Gasteiger partial charge in [0, 0.05) is 22.8 Å². The molecule has 0 spiro atoms. The number of carboxylic acid groups (broad SMARTS) is 1. The highest BCUT2D eigenvalue weighted by molar-refractivity contribution is 8.07. The molecule has 1 unspecified atom stereocenters. The van der Waals surface area contributed by atoms with Crippen molar-refractivity contribution in [2.45, 2.75) is 28.6 Å². The highest BCUT2D eigenvalue weighted by atomic mass is 35.5. The normalized spacial score (nSPS) is 19.3. The number of hydrogen-bond acceptors (Lipinski definition) is 9. The van der Waals surface area contributed by atoms with Crippen molar-refractivity contribution >= 4 is 85.0 Å². The van der Waals surface area contributed by atoms with Crippen molar-refractivity contribution in [2.24, 2.45) is 5.73 Å². The third-order valence-corrected chi connectivity index (χ3v) is 11.1. The minimum Gasteiger partial charge on any atom is -0.477 e. The number of amides is 2. The number of nitrogens with two attached hydrogens (primary N) is 1. The number of halogens is 1. The fourth-order valence-corrected chi connectivity index (χ4v) is 9.85. The molecule has 1 aromatic carbocycles. The van der Waals surface area contributed by atoms with Crippen molar-refractivity contribution in [3.05, 3.63) is 72.7 Å². The molecule has 1 fully saturated rings. The van der Waals surface area contributed by atoms with Crippen LogP contribution < -0.4 is 16.5 Å². The summed E-state index contributed by atoms with van der Waals surface area (Å²) in [4.78, 5) is 52.3. The number of thiophene rings is 1. The zero-order valence-electron chi connectivity index (χ0n) is 18.4. The van der Waals surface area contributed by atoms with Gasteiger partial charge in [-0.1, -0.05) is 53.7 Å². The Kier molecular flexibility index (Phi) is 7.16. The van der Waals surface area contributed by atoms with E-state index in [1.165, 1.54) is 39.3 Å². The van der Waals surface area contributed by atoms with Crippen molar-refractivity contribution in [1.82, 2.24) is 10.2 Å². The topological polar surface area (TPSA) is 130 Å². The fraction of sp³-hybridized carbons (Fsp3) is 0.217. The molecule has 0 bridgehead atoms. The summed E-state index contributed by atoms with van der Waals surface area (Å²) in [5, 5.41) is 12.7. The van der Waals surface area contributed by atoms with E-state index in [1.807, 2.05) is 30.3 Å². The minimum atomic E-state index is -1.24. The van der Waals surface area contributed by atoms with Gasteiger partial charge in [0.1, 0.15) is 17.1 Å². The van der Waals surface area contributed by atoms with E-state index in [0.29, 0.717) is 30.2 Å². The van der Waals surface area contributed by atoms with Crippen LogP contribution in [0.3, 0.4) is 0 Å². The van der Waals surface area contributed by atoms with Crippen LogP contribution >= 0.6 is 57.8 Å². The number of carbonyl (C=O) groups is 3. The lowest BCUT2D eigenvalue weighted by molar-refractivity contribution is -0.150. The Balaban J connectivity index is 1.40. The summed E-state index contributed by atoms with van der Waals surface area (Å²) in [6, 6.07) is 9.97. The van der Waals surface area contributed by atoms with Crippen LogP contribution in [0.4, 0.5) is 0 Å². The first-order valence-electron chi connectivity index (χ1n) is 10.7. The number of nitrogens with one attached hydrogen (secondary N) is 1. The molecule has 13 heteroatoms. The average Bonchev–Trinajstić information content (AvgIpc) is 3.23. The molecular weight excluding hydrogens is 562 g/mol. The lowest BCUT2D eigenvalue weighted by atomic mass is 10.0. The molecule has 4 N–H and O–H groups in total. The van der Waals surface area contributed by atoms with Gasteiger partial charge in [0.25, 0.3) is 5.91 Å². The summed E-state index contributed by atoms with van der Waals surface area (Å²) in [5.41, 5.74) is 6.72. The molecule has 5 rings (SSSR count). The average molecular weight is 580 g/mol. The standard InChI is InChI=1S/C23H18ClN3O5S4/c24-14-7-11-18(29)12(8-25)23(36-22(11)35-14)34-13-9-33-20-16(19(30)27(20)17(13)21(31)32)26-15(28)6-10-4-2-1-3-5-10/h1-5,7,16,20H,6,8-9,25H2,(H,26,28)(H,31,32)/t16?,20-/m0/s1. The lowest BCUT2D eigenvalue weighted by Gasteiger charge is -2.49. The Hall–Kier alpha value is -2.35. The Morgan fingerprint density at radius 1 is 1.22 bits per heavy atom. The first-order chi connectivity index (χ1) is 17.3. The van der Waals surface area contributed by atoms with Crippen LogP contribution in [0, 0.1) is 0 Å². The van der Waals surface area contributed by atoms with Crippen molar-refractivity contribution in [2.75, 3.05) is 5.75 Å². The summed E-state index contributed by atoms with van der Waals surface area (Å²) in [7, 11) is 0. The fourth-order valence-electron chi connectivity index (χ4n) is 4.03. The molecule has 3 aromatic rings. The van der Waals surface area contributed by atoms with E-state index in [0.717, 1.165) is 21.3 Å². The summed E-state index contributed by atoms with van der Waals surface area (Å²) in [5.74, 6) is -1.72. The van der Waals surface area contributed by atoms with Gasteiger partial charge in [-0.3, -0.25) is 19.3 Å². The number of benzene rings is 1. The van der Waals surface area contributed by atoms with E-state index in [9.17, 15) is 24.3 Å². The molecule has 8 nitrogen and oxygen atoms in total. The highest BCUT2D eigenvalue weighted by Crippen LogP contribution is 2.47. The number of aliphatic carboxylic acids is 1. The molecule has 2 atom stereocenters. The van der Waals surface area contributed by atoms with Crippen LogP contribution in [0.5, 0.6) is 0 Å². The molecule has 2 aliphatic heterocycles. The number of hydrogen-bond donors (Lipinski definition) is 3. The molecular formula is C23H18ClN3O5S4. The van der Waals surface area contributed by atoms with E-state index in [4.69, 9.17) is 17.3 Å². The molecule has 186 valence electrons. The Bertz CT molecular complexity index is 1490. The maximum Gasteiger partial charge on any atom is 0.353 e. The quantitative estimate of drug-likeness (QED) is 0.363. The van der Waals surface area contributed by atoms with Crippen molar-refractivity contribution in [3.63, 3.8) is 0 Å². The third kappa shape index (κ3) is 4.57.